The van der Waals surface area contributed by atoms with E-state index in [1.807, 2.05) is 0 Å². The van der Waals surface area contributed by atoms with Crippen molar-refractivity contribution in [3.63, 3.8) is 0 Å². The molecular weight excluding hydrogens is 847 g/mol. The molecular formula is C67H46N3+. The summed E-state index contributed by atoms with van der Waals surface area (Å²) in [6, 6.07) is 98.2. The standard InChI is InChI=1S/C67H45N3/c1-4-16-45(17-5-1)48-36-39-56(40-37-48)70-65(50-18-6-2-7-19-50)68-66(70)51-34-32-47(33-35-51)46-28-30-49(31-29-46)54-38-41-57-58-42-52-20-10-11-21-53(52)43-62(58)67(61(57)44-54)59-24-12-14-26-63(59)69(55-22-8-3-9-23-55)64-27-15-13-25-60(64)67/h1-44,66H/p+1. The maximum atomic E-state index is 3.81. The van der Waals surface area contributed by atoms with Crippen molar-refractivity contribution in [2.24, 2.45) is 0 Å². The Hall–Kier alpha value is -9.05. The predicted molar refractivity (Wildman–Crippen MR) is 289 cm³/mol. The largest absolute Gasteiger partial charge is 0.310 e. The molecule has 0 amide bonds. The summed E-state index contributed by atoms with van der Waals surface area (Å²) in [6.07, 6.45) is 0.00587. The molecule has 1 atom stereocenters. The molecule has 1 N–H and O–H groups in total. The van der Waals surface area contributed by atoms with Gasteiger partial charge in [0.15, 0.2) is 0 Å². The number of hydrogen-bond donors (Lipinski definition) is 1. The van der Waals surface area contributed by atoms with Gasteiger partial charge in [-0.1, -0.05) is 188 Å². The molecule has 3 heteroatoms. The molecule has 0 bridgehead atoms. The van der Waals surface area contributed by atoms with E-state index in [1.165, 1.54) is 100 Å². The first-order chi connectivity index (χ1) is 34.7. The van der Waals surface area contributed by atoms with Gasteiger partial charge in [-0.3, -0.25) is 0 Å². The minimum Gasteiger partial charge on any atom is -0.310 e. The monoisotopic (exact) mass is 892 g/mol. The van der Waals surface area contributed by atoms with Gasteiger partial charge in [0.2, 0.25) is 0 Å². The first-order valence-electron chi connectivity index (χ1n) is 24.3. The van der Waals surface area contributed by atoms with Crippen molar-refractivity contribution in [3.8, 4) is 44.5 Å². The average Bonchev–Trinajstić information content (AvgIpc) is 3.70. The first-order valence-corrected chi connectivity index (χ1v) is 24.3. The van der Waals surface area contributed by atoms with Crippen molar-refractivity contribution >= 4 is 39.4 Å². The summed E-state index contributed by atoms with van der Waals surface area (Å²) in [5, 5.41) is 6.31. The Morgan fingerprint density at radius 2 is 0.800 bits per heavy atom. The van der Waals surface area contributed by atoms with Crippen LogP contribution in [0, 0.1) is 0 Å². The predicted octanol–water partition coefficient (Wildman–Crippen LogP) is 16.4. The molecule has 1 unspecified atom stereocenters. The molecule has 11 aromatic rings. The molecule has 1 spiro atoms. The van der Waals surface area contributed by atoms with Crippen molar-refractivity contribution in [2.75, 3.05) is 4.90 Å². The van der Waals surface area contributed by atoms with E-state index in [0.717, 1.165) is 17.2 Å². The van der Waals surface area contributed by atoms with Gasteiger partial charge in [-0.15, -0.1) is 0 Å². The van der Waals surface area contributed by atoms with E-state index < -0.39 is 5.41 Å². The van der Waals surface area contributed by atoms with Crippen LogP contribution in [0.25, 0.3) is 55.3 Å². The third-order valence-corrected chi connectivity index (χ3v) is 15.0. The fourth-order valence-corrected chi connectivity index (χ4v) is 11.7. The van der Waals surface area contributed by atoms with Crippen LogP contribution in [0.1, 0.15) is 39.5 Å². The second-order valence-corrected chi connectivity index (χ2v) is 18.7. The smallest absolute Gasteiger partial charge is 0.289 e. The van der Waals surface area contributed by atoms with Crippen molar-refractivity contribution in [1.29, 1.82) is 0 Å². The van der Waals surface area contributed by atoms with Crippen LogP contribution < -0.4 is 10.2 Å². The maximum absolute atomic E-state index is 3.81. The Morgan fingerprint density at radius 1 is 0.343 bits per heavy atom. The van der Waals surface area contributed by atoms with Crippen LogP contribution in [-0.2, 0) is 5.41 Å². The molecule has 2 aliphatic heterocycles. The molecule has 1 aliphatic carbocycles. The Bertz CT molecular complexity index is 3770. The number of para-hydroxylation sites is 3. The lowest BCUT2D eigenvalue weighted by atomic mass is 9.64. The highest BCUT2D eigenvalue weighted by Crippen LogP contribution is 2.64. The van der Waals surface area contributed by atoms with E-state index in [1.54, 1.807) is 0 Å². The lowest BCUT2D eigenvalue weighted by Gasteiger charge is -2.45. The van der Waals surface area contributed by atoms with Crippen LogP contribution in [-0.4, -0.2) is 10.4 Å². The third-order valence-electron chi connectivity index (χ3n) is 15.0. The zero-order chi connectivity index (χ0) is 46.2. The number of nitrogens with one attached hydrogen (secondary N) is 1. The molecule has 0 fully saturated rings. The number of amidine groups is 1. The average molecular weight is 893 g/mol. The number of fused-ring (bicyclic) bond motifs is 10. The fourth-order valence-electron chi connectivity index (χ4n) is 11.7. The van der Waals surface area contributed by atoms with Gasteiger partial charge in [-0.2, -0.15) is 4.58 Å². The summed E-state index contributed by atoms with van der Waals surface area (Å²) < 4.78 is 2.42. The summed E-state index contributed by atoms with van der Waals surface area (Å²) in [7, 11) is 0. The van der Waals surface area contributed by atoms with E-state index >= 15 is 0 Å². The third kappa shape index (κ3) is 6.18. The van der Waals surface area contributed by atoms with Gasteiger partial charge in [0.05, 0.1) is 22.4 Å². The van der Waals surface area contributed by atoms with Crippen molar-refractivity contribution in [1.82, 2.24) is 5.32 Å². The number of benzene rings is 11. The molecule has 328 valence electrons. The molecule has 0 aromatic heterocycles. The van der Waals surface area contributed by atoms with Crippen LogP contribution in [0.15, 0.2) is 267 Å². The van der Waals surface area contributed by atoms with E-state index in [0.29, 0.717) is 0 Å². The zero-order valence-electron chi connectivity index (χ0n) is 38.4. The molecule has 14 rings (SSSR count). The highest BCUT2D eigenvalue weighted by Gasteiger charge is 2.52. The van der Waals surface area contributed by atoms with Crippen molar-refractivity contribution in [2.45, 2.75) is 11.6 Å². The topological polar surface area (TPSA) is 18.3 Å². The lowest BCUT2D eigenvalue weighted by Crippen LogP contribution is -2.51. The quantitative estimate of drug-likeness (QED) is 0.161. The highest BCUT2D eigenvalue weighted by molar-refractivity contribution is 6.01. The molecule has 2 heterocycles. The first kappa shape index (κ1) is 40.1. The summed E-state index contributed by atoms with van der Waals surface area (Å²) in [5.41, 5.74) is 21.6. The van der Waals surface area contributed by atoms with Crippen LogP contribution >= 0.6 is 0 Å². The number of nitrogens with zero attached hydrogens (tertiary/aromatic N) is 2. The van der Waals surface area contributed by atoms with Crippen LogP contribution in [0.2, 0.25) is 0 Å². The van der Waals surface area contributed by atoms with Crippen LogP contribution in [0.4, 0.5) is 22.7 Å². The van der Waals surface area contributed by atoms with Gasteiger partial charge in [0.25, 0.3) is 12.0 Å². The van der Waals surface area contributed by atoms with Gasteiger partial charge >= 0.3 is 0 Å². The molecule has 11 aromatic carbocycles. The van der Waals surface area contributed by atoms with E-state index in [4.69, 9.17) is 0 Å². The van der Waals surface area contributed by atoms with Gasteiger partial charge in [-0.05, 0) is 156 Å². The van der Waals surface area contributed by atoms with Gasteiger partial charge < -0.3 is 4.90 Å². The van der Waals surface area contributed by atoms with Gasteiger partial charge in [0.1, 0.15) is 5.69 Å². The summed E-state index contributed by atoms with van der Waals surface area (Å²) >= 11 is 0. The SMILES string of the molecule is c1ccc(C2=[N+](c3ccc(-c4ccccc4)cc3)C(c3ccc(-c4ccc(-c5ccc6c(c5)C5(c7cc8ccccc8cc7-6)c6ccccc6N(c6ccccc6)c6ccccc65)cc4)cc3)N2)cc1. The highest BCUT2D eigenvalue weighted by atomic mass is 15.3. The van der Waals surface area contributed by atoms with Crippen molar-refractivity contribution < 1.29 is 4.58 Å². The summed E-state index contributed by atoms with van der Waals surface area (Å²) in [4.78, 5) is 2.45. The Balaban J connectivity index is 0.827. The maximum Gasteiger partial charge on any atom is 0.289 e. The fraction of sp³-hybridized carbons (Fsp3) is 0.0299. The molecule has 3 aliphatic rings. The number of hydrogen-bond acceptors (Lipinski definition) is 2. The van der Waals surface area contributed by atoms with E-state index in [-0.39, 0.29) is 6.17 Å². The van der Waals surface area contributed by atoms with Gasteiger partial charge in [-0.25, -0.2) is 5.32 Å². The summed E-state index contributed by atoms with van der Waals surface area (Å²) in [5.74, 6) is 1.11. The molecule has 70 heavy (non-hydrogen) atoms. The molecule has 0 saturated heterocycles. The van der Waals surface area contributed by atoms with Crippen LogP contribution in [0.5, 0.6) is 0 Å². The second kappa shape index (κ2) is 16.0. The molecule has 0 saturated carbocycles. The van der Waals surface area contributed by atoms with Crippen molar-refractivity contribution in [3.05, 3.63) is 300 Å². The Morgan fingerprint density at radius 3 is 1.43 bits per heavy atom. The van der Waals surface area contributed by atoms with E-state index in [2.05, 4.69) is 282 Å². The van der Waals surface area contributed by atoms with Gasteiger partial charge in [0, 0.05) is 11.3 Å². The Kier molecular flexibility index (Phi) is 9.18. The minimum absolute atomic E-state index is 0.00587. The molecule has 3 nitrogen and oxygen atoms in total. The summed E-state index contributed by atoms with van der Waals surface area (Å²) in [6.45, 7) is 0. The number of anilines is 3. The minimum atomic E-state index is -0.541. The zero-order valence-corrected chi connectivity index (χ0v) is 38.4. The number of rotatable bonds is 7. The van der Waals surface area contributed by atoms with E-state index in [9.17, 15) is 0 Å². The lowest BCUT2D eigenvalue weighted by molar-refractivity contribution is -0.531. The van der Waals surface area contributed by atoms with Crippen LogP contribution in [0.3, 0.4) is 0 Å². The Labute approximate surface area is 408 Å². The molecule has 0 radical (unpaired) electrons. The normalized spacial score (nSPS) is 14.9. The second-order valence-electron chi connectivity index (χ2n) is 18.7.